The van der Waals surface area contributed by atoms with Crippen molar-refractivity contribution in [3.8, 4) is 11.3 Å². The molecule has 128 valence electrons. The Balaban J connectivity index is 1.93. The third kappa shape index (κ3) is 3.37. The molecule has 1 aliphatic heterocycles. The van der Waals surface area contributed by atoms with Crippen molar-refractivity contribution >= 4 is 11.6 Å². The fourth-order valence-electron chi connectivity index (χ4n) is 2.74. The highest BCUT2D eigenvalue weighted by Gasteiger charge is 2.32. The van der Waals surface area contributed by atoms with E-state index in [1.165, 1.54) is 19.5 Å². The van der Waals surface area contributed by atoms with E-state index in [4.69, 9.17) is 4.42 Å². The van der Waals surface area contributed by atoms with E-state index in [1.807, 2.05) is 4.90 Å². The number of hydrogen-bond donors (Lipinski definition) is 0. The van der Waals surface area contributed by atoms with E-state index >= 15 is 0 Å². The minimum absolute atomic E-state index is 0.0268. The molecule has 2 aromatic rings. The summed E-state index contributed by atoms with van der Waals surface area (Å²) in [4.78, 5) is 18.7. The first-order valence-corrected chi connectivity index (χ1v) is 7.46. The maximum absolute atomic E-state index is 13.2. The predicted octanol–water partition coefficient (Wildman–Crippen LogP) is 3.03. The summed E-state index contributed by atoms with van der Waals surface area (Å²) in [7, 11) is 0. The summed E-state index contributed by atoms with van der Waals surface area (Å²) in [5.74, 6) is 0.255. The standard InChI is InChI=1S/C16H16F3N3O2/c1-11(23)21-2-4-22(5-3-21)14-7-12(15-9-20-10-24-15)6-13(8-14)16(17,18)19/h6-10H,2-5H2,1H3. The maximum atomic E-state index is 13.2. The number of carbonyl (C=O) groups excluding carboxylic acids is 1. The quantitative estimate of drug-likeness (QED) is 0.844. The Morgan fingerprint density at radius 2 is 1.88 bits per heavy atom. The van der Waals surface area contributed by atoms with Gasteiger partial charge < -0.3 is 14.2 Å². The van der Waals surface area contributed by atoms with Gasteiger partial charge in [-0.2, -0.15) is 13.2 Å². The van der Waals surface area contributed by atoms with Crippen LogP contribution in [0.4, 0.5) is 18.9 Å². The number of halogens is 3. The number of rotatable bonds is 2. The SMILES string of the molecule is CC(=O)N1CCN(c2cc(-c3cnco3)cc(C(F)(F)F)c2)CC1. The van der Waals surface area contributed by atoms with Crippen molar-refractivity contribution in [1.82, 2.24) is 9.88 Å². The molecule has 0 radical (unpaired) electrons. The smallest absolute Gasteiger partial charge is 0.416 e. The molecular formula is C16H16F3N3O2. The summed E-state index contributed by atoms with van der Waals surface area (Å²) in [5, 5.41) is 0. The molecule has 0 N–H and O–H groups in total. The molecule has 5 nitrogen and oxygen atoms in total. The Bertz CT molecular complexity index is 721. The number of amides is 1. The lowest BCUT2D eigenvalue weighted by atomic mass is 10.1. The molecule has 0 bridgehead atoms. The number of piperazine rings is 1. The molecular weight excluding hydrogens is 323 g/mol. The van der Waals surface area contributed by atoms with Crippen molar-refractivity contribution in [1.29, 1.82) is 0 Å². The second-order valence-electron chi connectivity index (χ2n) is 5.63. The van der Waals surface area contributed by atoms with E-state index in [1.54, 1.807) is 11.0 Å². The molecule has 8 heteroatoms. The Hall–Kier alpha value is -2.51. The van der Waals surface area contributed by atoms with Crippen molar-refractivity contribution in [2.24, 2.45) is 0 Å². The zero-order valence-electron chi connectivity index (χ0n) is 13.0. The third-order valence-corrected chi connectivity index (χ3v) is 4.05. The van der Waals surface area contributed by atoms with Crippen LogP contribution in [-0.2, 0) is 11.0 Å². The van der Waals surface area contributed by atoms with Gasteiger partial charge in [0, 0.05) is 44.4 Å². The average Bonchev–Trinajstić information content (AvgIpc) is 3.08. The number of nitrogens with zero attached hydrogens (tertiary/aromatic N) is 3. The van der Waals surface area contributed by atoms with Crippen molar-refractivity contribution in [3.63, 3.8) is 0 Å². The van der Waals surface area contributed by atoms with E-state index < -0.39 is 11.7 Å². The third-order valence-electron chi connectivity index (χ3n) is 4.05. The van der Waals surface area contributed by atoms with Gasteiger partial charge in [-0.3, -0.25) is 4.79 Å². The summed E-state index contributed by atoms with van der Waals surface area (Å²) < 4.78 is 44.7. The van der Waals surface area contributed by atoms with Gasteiger partial charge in [-0.25, -0.2) is 4.98 Å². The van der Waals surface area contributed by atoms with Gasteiger partial charge in [0.25, 0.3) is 0 Å². The van der Waals surface area contributed by atoms with Crippen LogP contribution in [-0.4, -0.2) is 42.0 Å². The Kier molecular flexibility index (Phi) is 4.21. The Morgan fingerprint density at radius 1 is 1.17 bits per heavy atom. The lowest BCUT2D eigenvalue weighted by molar-refractivity contribution is -0.137. The lowest BCUT2D eigenvalue weighted by Crippen LogP contribution is -2.48. The second kappa shape index (κ2) is 6.18. The molecule has 1 amide bonds. The van der Waals surface area contributed by atoms with Crippen LogP contribution >= 0.6 is 0 Å². The number of anilines is 1. The van der Waals surface area contributed by atoms with Gasteiger partial charge in [-0.15, -0.1) is 0 Å². The molecule has 0 saturated carbocycles. The Labute approximate surface area is 136 Å². The van der Waals surface area contributed by atoms with Crippen molar-refractivity contribution in [3.05, 3.63) is 36.4 Å². The number of oxazole rings is 1. The highest BCUT2D eigenvalue weighted by atomic mass is 19.4. The summed E-state index contributed by atoms with van der Waals surface area (Å²) in [6.07, 6.45) is -1.89. The fourth-order valence-corrected chi connectivity index (χ4v) is 2.74. The van der Waals surface area contributed by atoms with Crippen LogP contribution in [0.5, 0.6) is 0 Å². The van der Waals surface area contributed by atoms with Gasteiger partial charge in [-0.05, 0) is 18.2 Å². The van der Waals surface area contributed by atoms with Crippen molar-refractivity contribution < 1.29 is 22.4 Å². The minimum Gasteiger partial charge on any atom is -0.444 e. The molecule has 0 unspecified atom stereocenters. The van der Waals surface area contributed by atoms with Gasteiger partial charge in [0.2, 0.25) is 5.91 Å². The maximum Gasteiger partial charge on any atom is 0.416 e. The highest BCUT2D eigenvalue weighted by molar-refractivity contribution is 5.74. The van der Waals surface area contributed by atoms with Crippen LogP contribution in [0.15, 0.2) is 35.2 Å². The fraction of sp³-hybridized carbons (Fsp3) is 0.375. The number of benzene rings is 1. The number of aromatic nitrogens is 1. The minimum atomic E-state index is -4.45. The molecule has 2 heterocycles. The van der Waals surface area contributed by atoms with E-state index in [0.717, 1.165) is 12.1 Å². The number of hydrogen-bond acceptors (Lipinski definition) is 4. The number of alkyl halides is 3. The highest BCUT2D eigenvalue weighted by Crippen LogP contribution is 2.36. The van der Waals surface area contributed by atoms with Gasteiger partial charge in [0.1, 0.15) is 0 Å². The summed E-state index contributed by atoms with van der Waals surface area (Å²) in [5.41, 5.74) is 0.0474. The largest absolute Gasteiger partial charge is 0.444 e. The molecule has 1 fully saturated rings. The van der Waals surface area contributed by atoms with Crippen molar-refractivity contribution in [2.45, 2.75) is 13.1 Å². The Morgan fingerprint density at radius 3 is 2.42 bits per heavy atom. The zero-order valence-corrected chi connectivity index (χ0v) is 13.0. The zero-order chi connectivity index (χ0) is 17.3. The molecule has 1 aromatic carbocycles. The monoisotopic (exact) mass is 339 g/mol. The van der Waals surface area contributed by atoms with Crippen LogP contribution < -0.4 is 4.90 Å². The van der Waals surface area contributed by atoms with E-state index in [-0.39, 0.29) is 11.7 Å². The molecule has 0 spiro atoms. The van der Waals surface area contributed by atoms with E-state index in [9.17, 15) is 18.0 Å². The molecule has 24 heavy (non-hydrogen) atoms. The van der Waals surface area contributed by atoms with E-state index in [2.05, 4.69) is 4.98 Å². The first kappa shape index (κ1) is 16.4. The van der Waals surface area contributed by atoms with Crippen LogP contribution in [0.2, 0.25) is 0 Å². The molecule has 0 atom stereocenters. The predicted molar refractivity (Wildman–Crippen MR) is 81.4 cm³/mol. The normalized spacial score (nSPS) is 15.7. The summed E-state index contributed by atoms with van der Waals surface area (Å²) in [6.45, 7) is 3.43. The van der Waals surface area contributed by atoms with Gasteiger partial charge >= 0.3 is 6.18 Å². The van der Waals surface area contributed by atoms with Gasteiger partial charge in [-0.1, -0.05) is 0 Å². The average molecular weight is 339 g/mol. The first-order chi connectivity index (χ1) is 11.3. The van der Waals surface area contributed by atoms with Gasteiger partial charge in [0.15, 0.2) is 12.2 Å². The summed E-state index contributed by atoms with van der Waals surface area (Å²) >= 11 is 0. The molecule has 1 aromatic heterocycles. The first-order valence-electron chi connectivity index (χ1n) is 7.46. The summed E-state index contributed by atoms with van der Waals surface area (Å²) in [6, 6.07) is 3.83. The molecule has 1 saturated heterocycles. The van der Waals surface area contributed by atoms with Crippen LogP contribution in [0, 0.1) is 0 Å². The molecule has 0 aliphatic carbocycles. The van der Waals surface area contributed by atoms with Crippen LogP contribution in [0.3, 0.4) is 0 Å². The van der Waals surface area contributed by atoms with E-state index in [0.29, 0.717) is 37.4 Å². The number of carbonyl (C=O) groups is 1. The molecule has 1 aliphatic rings. The topological polar surface area (TPSA) is 49.6 Å². The van der Waals surface area contributed by atoms with Gasteiger partial charge in [0.05, 0.1) is 11.8 Å². The van der Waals surface area contributed by atoms with Crippen LogP contribution in [0.1, 0.15) is 12.5 Å². The molecule has 3 rings (SSSR count). The lowest BCUT2D eigenvalue weighted by Gasteiger charge is -2.36. The van der Waals surface area contributed by atoms with Crippen molar-refractivity contribution in [2.75, 3.05) is 31.1 Å². The second-order valence-corrected chi connectivity index (χ2v) is 5.63. The van der Waals surface area contributed by atoms with Crippen LogP contribution in [0.25, 0.3) is 11.3 Å².